The summed E-state index contributed by atoms with van der Waals surface area (Å²) in [5, 5.41) is 10.5. The summed E-state index contributed by atoms with van der Waals surface area (Å²) in [7, 11) is 0. The van der Waals surface area contributed by atoms with Crippen molar-refractivity contribution in [3.8, 4) is 0 Å². The van der Waals surface area contributed by atoms with E-state index in [1.807, 2.05) is 58.3 Å². The Morgan fingerprint density at radius 2 is 1.43 bits per heavy atom. The number of unbranched alkanes of at least 4 members (excludes halogenated alkanes) is 1. The number of aromatic nitrogens is 5. The maximum Gasteiger partial charge on any atom is 0.148 e. The van der Waals surface area contributed by atoms with Crippen LogP contribution in [0, 0.1) is 13.8 Å². The molecule has 5 heterocycles. The van der Waals surface area contributed by atoms with Gasteiger partial charge in [-0.15, -0.1) is 0 Å². The summed E-state index contributed by atoms with van der Waals surface area (Å²) in [6, 6.07) is 7.94. The number of hydrogen-bond acceptors (Lipinski definition) is 11. The standard InChI is InChI=1S/C17H20Cl2N4S.C15H16Cl2N4S.C4H11N.C2H6/c1-10-16(24-14-5-3-4-11(18)15(14)19)21-8-13(23-10)12-6-7-17(2,20)9-22-12;1-9-15(22-12-5-7-19-14(17)13(12)16)20-8-11(21-9)10-4-2-3-6-18-10;1-2-3-4-5;1-2/h3-5,8,12,22H,6-7,9,20H2,1-2H3;5,7-8,10,18H,2-4,6H2,1H3;2-5H2,1H3;1-2H3. The number of nitrogens with zero attached hydrogens (tertiary/aromatic N) is 5. The molecule has 0 spiro atoms. The highest BCUT2D eigenvalue weighted by molar-refractivity contribution is 7.99. The van der Waals surface area contributed by atoms with E-state index in [1.54, 1.807) is 12.3 Å². The number of rotatable bonds is 8. The normalized spacial score (nSPS) is 19.5. The molecule has 0 saturated carbocycles. The Labute approximate surface area is 344 Å². The summed E-state index contributed by atoms with van der Waals surface area (Å²) in [4.78, 5) is 24.2. The smallest absolute Gasteiger partial charge is 0.148 e. The van der Waals surface area contributed by atoms with Crippen LogP contribution < -0.4 is 22.1 Å². The molecule has 1 aromatic carbocycles. The number of benzene rings is 1. The second kappa shape index (κ2) is 23.3. The minimum atomic E-state index is -0.141. The molecule has 2 saturated heterocycles. The van der Waals surface area contributed by atoms with Crippen molar-refractivity contribution in [3.05, 3.63) is 85.9 Å². The van der Waals surface area contributed by atoms with Gasteiger partial charge < -0.3 is 22.1 Å². The van der Waals surface area contributed by atoms with E-state index >= 15 is 0 Å². The molecule has 3 aromatic heterocycles. The van der Waals surface area contributed by atoms with Gasteiger partial charge >= 0.3 is 0 Å². The molecule has 290 valence electrons. The number of halogens is 4. The summed E-state index contributed by atoms with van der Waals surface area (Å²) >= 11 is 27.4. The molecule has 0 bridgehead atoms. The van der Waals surface area contributed by atoms with Crippen molar-refractivity contribution >= 4 is 69.9 Å². The van der Waals surface area contributed by atoms with Crippen LogP contribution in [0.4, 0.5) is 0 Å². The topological polar surface area (TPSA) is 141 Å². The van der Waals surface area contributed by atoms with E-state index in [4.69, 9.17) is 67.8 Å². The first-order chi connectivity index (χ1) is 25.4. The predicted octanol–water partition coefficient (Wildman–Crippen LogP) is 10.6. The molecule has 4 aromatic rings. The maximum absolute atomic E-state index is 6.25. The van der Waals surface area contributed by atoms with Crippen molar-refractivity contribution < 1.29 is 0 Å². The van der Waals surface area contributed by atoms with Gasteiger partial charge in [0.1, 0.15) is 15.2 Å². The molecule has 53 heavy (non-hydrogen) atoms. The van der Waals surface area contributed by atoms with Gasteiger partial charge in [-0.3, -0.25) is 9.97 Å². The molecule has 6 rings (SSSR count). The zero-order valence-electron chi connectivity index (χ0n) is 31.5. The van der Waals surface area contributed by atoms with E-state index in [-0.39, 0.29) is 11.6 Å². The highest BCUT2D eigenvalue weighted by Gasteiger charge is 2.28. The van der Waals surface area contributed by atoms with Gasteiger partial charge in [0.15, 0.2) is 0 Å². The van der Waals surface area contributed by atoms with Gasteiger partial charge in [0.25, 0.3) is 0 Å². The van der Waals surface area contributed by atoms with E-state index in [0.717, 1.165) is 81.5 Å². The Morgan fingerprint density at radius 3 is 1.92 bits per heavy atom. The molecule has 3 atom stereocenters. The van der Waals surface area contributed by atoms with Crippen molar-refractivity contribution in [3.63, 3.8) is 0 Å². The fourth-order valence-electron chi connectivity index (χ4n) is 5.35. The van der Waals surface area contributed by atoms with Crippen LogP contribution >= 0.6 is 69.9 Å². The zero-order valence-corrected chi connectivity index (χ0v) is 36.1. The monoisotopic (exact) mass is 839 g/mol. The van der Waals surface area contributed by atoms with E-state index in [9.17, 15) is 0 Å². The van der Waals surface area contributed by atoms with Gasteiger partial charge in [0.2, 0.25) is 0 Å². The molecule has 0 aliphatic carbocycles. The SMILES string of the molecule is CC.CCCCN.Cc1nc(C2CCC(C)(N)CN2)cnc1Sc1cccc(Cl)c1Cl.Cc1nc(C2CCCCN2)cnc1Sc1ccnc(Cl)c1Cl. The third-order valence-corrected chi connectivity index (χ3v) is 12.4. The van der Waals surface area contributed by atoms with Crippen LogP contribution in [0.15, 0.2) is 62.7 Å². The largest absolute Gasteiger partial charge is 0.330 e. The number of piperidine rings is 2. The highest BCUT2D eigenvalue weighted by Crippen LogP contribution is 2.38. The molecular formula is C38H53Cl4N9S2. The second-order valence-corrected chi connectivity index (χ2v) is 16.4. The van der Waals surface area contributed by atoms with Gasteiger partial charge in [0.05, 0.1) is 62.3 Å². The van der Waals surface area contributed by atoms with Crippen LogP contribution in [0.1, 0.15) is 108 Å². The molecule has 9 nitrogen and oxygen atoms in total. The lowest BCUT2D eigenvalue weighted by atomic mass is 9.89. The molecule has 0 radical (unpaired) electrons. The van der Waals surface area contributed by atoms with Crippen LogP contribution in [-0.4, -0.2) is 50.1 Å². The quantitative estimate of drug-likeness (QED) is 0.126. The summed E-state index contributed by atoms with van der Waals surface area (Å²) in [5.41, 5.74) is 14.9. The summed E-state index contributed by atoms with van der Waals surface area (Å²) in [5.74, 6) is 0. The number of pyridine rings is 1. The Hall–Kier alpha value is -1.77. The molecule has 6 N–H and O–H groups in total. The number of hydrogen-bond donors (Lipinski definition) is 4. The number of aryl methyl sites for hydroxylation is 2. The minimum absolute atomic E-state index is 0.141. The molecule has 2 aliphatic heterocycles. The summed E-state index contributed by atoms with van der Waals surface area (Å²) in [6.07, 6.45) is 13.2. The van der Waals surface area contributed by atoms with Crippen molar-refractivity contribution in [2.24, 2.45) is 11.5 Å². The van der Waals surface area contributed by atoms with Crippen LogP contribution in [-0.2, 0) is 0 Å². The van der Waals surface area contributed by atoms with Crippen molar-refractivity contribution in [2.75, 3.05) is 19.6 Å². The second-order valence-electron chi connectivity index (χ2n) is 12.8. The van der Waals surface area contributed by atoms with Gasteiger partial charge in [-0.1, -0.05) is 110 Å². The first-order valence-electron chi connectivity index (χ1n) is 18.1. The average Bonchev–Trinajstić information content (AvgIpc) is 3.16. The first kappa shape index (κ1) is 45.6. The molecule has 2 fully saturated rings. The fraction of sp³-hybridized carbons (Fsp3) is 0.500. The summed E-state index contributed by atoms with van der Waals surface area (Å²) < 4.78 is 0. The molecule has 3 unspecified atom stereocenters. The first-order valence-corrected chi connectivity index (χ1v) is 21.3. The Kier molecular flexibility index (Phi) is 20.1. The lowest BCUT2D eigenvalue weighted by Gasteiger charge is -2.34. The third kappa shape index (κ3) is 14.4. The number of nitrogens with one attached hydrogen (secondary N) is 2. The van der Waals surface area contributed by atoms with Crippen LogP contribution in [0.2, 0.25) is 20.2 Å². The van der Waals surface area contributed by atoms with Crippen LogP contribution in [0.25, 0.3) is 0 Å². The predicted molar refractivity (Wildman–Crippen MR) is 225 cm³/mol. The average molecular weight is 842 g/mol. The van der Waals surface area contributed by atoms with Gasteiger partial charge in [-0.25, -0.2) is 15.0 Å². The van der Waals surface area contributed by atoms with Crippen LogP contribution in [0.3, 0.4) is 0 Å². The van der Waals surface area contributed by atoms with E-state index in [0.29, 0.717) is 26.3 Å². The fourth-order valence-corrected chi connectivity index (χ4v) is 7.94. The van der Waals surface area contributed by atoms with E-state index in [2.05, 4.69) is 39.4 Å². The highest BCUT2D eigenvalue weighted by atomic mass is 35.5. The molecule has 15 heteroatoms. The number of nitrogens with two attached hydrogens (primary N) is 2. The van der Waals surface area contributed by atoms with Gasteiger partial charge in [0, 0.05) is 28.1 Å². The lowest BCUT2D eigenvalue weighted by Crippen LogP contribution is -2.51. The molecule has 0 amide bonds. The Morgan fingerprint density at radius 1 is 0.830 bits per heavy atom. The zero-order chi connectivity index (χ0) is 39.0. The van der Waals surface area contributed by atoms with Gasteiger partial charge in [-0.2, -0.15) is 0 Å². The third-order valence-electron chi connectivity index (χ3n) is 8.32. The van der Waals surface area contributed by atoms with E-state index < -0.39 is 0 Å². The van der Waals surface area contributed by atoms with Gasteiger partial charge in [-0.05, 0) is 84.2 Å². The van der Waals surface area contributed by atoms with Crippen LogP contribution in [0.5, 0.6) is 0 Å². The van der Waals surface area contributed by atoms with Crippen molar-refractivity contribution in [1.82, 2.24) is 35.6 Å². The lowest BCUT2D eigenvalue weighted by molar-refractivity contribution is 0.284. The Balaban J connectivity index is 0.000000244. The van der Waals surface area contributed by atoms with Crippen molar-refractivity contribution in [1.29, 1.82) is 0 Å². The van der Waals surface area contributed by atoms with Crippen molar-refractivity contribution in [2.45, 2.75) is 124 Å². The Bertz CT molecular complexity index is 1710. The summed E-state index contributed by atoms with van der Waals surface area (Å²) in [6.45, 7) is 14.8. The molecule has 2 aliphatic rings. The van der Waals surface area contributed by atoms with E-state index in [1.165, 1.54) is 49.2 Å². The minimum Gasteiger partial charge on any atom is -0.330 e. The molecular weight excluding hydrogens is 788 g/mol. The maximum atomic E-state index is 6.25.